The fourth-order valence-corrected chi connectivity index (χ4v) is 3.38. The second kappa shape index (κ2) is 6.48. The van der Waals surface area contributed by atoms with E-state index in [-0.39, 0.29) is 17.1 Å². The molecule has 0 atom stereocenters. The van der Waals surface area contributed by atoms with E-state index in [1.807, 2.05) is 0 Å². The zero-order valence-electron chi connectivity index (χ0n) is 13.6. The van der Waals surface area contributed by atoms with E-state index < -0.39 is 50.9 Å². The molecule has 12 heteroatoms. The van der Waals surface area contributed by atoms with E-state index in [4.69, 9.17) is 0 Å². The third kappa shape index (κ3) is 3.83. The van der Waals surface area contributed by atoms with Crippen molar-refractivity contribution >= 4 is 21.2 Å². The Morgan fingerprint density at radius 3 is 2.18 bits per heavy atom. The summed E-state index contributed by atoms with van der Waals surface area (Å²) in [6.45, 7) is -0.775. The van der Waals surface area contributed by atoms with Gasteiger partial charge in [-0.05, 0) is 29.8 Å². The zero-order valence-corrected chi connectivity index (χ0v) is 14.4. The SMILES string of the molecule is O=S(=O)(O)c1nc2ccccc2n1Cc1ccc(C(F)(F)F)cc1C(F)(F)F. The fraction of sp³-hybridized carbons (Fsp3) is 0.188. The van der Waals surface area contributed by atoms with Crippen molar-refractivity contribution in [2.45, 2.75) is 24.1 Å². The maximum Gasteiger partial charge on any atom is 0.416 e. The van der Waals surface area contributed by atoms with E-state index in [1.165, 1.54) is 24.3 Å². The lowest BCUT2D eigenvalue weighted by Gasteiger charge is -2.17. The normalized spacial score (nSPS) is 13.2. The smallest absolute Gasteiger partial charge is 0.308 e. The number of fused-ring (bicyclic) bond motifs is 1. The van der Waals surface area contributed by atoms with Crippen molar-refractivity contribution in [2.24, 2.45) is 0 Å². The molecule has 0 radical (unpaired) electrons. The third-order valence-electron chi connectivity index (χ3n) is 3.92. The van der Waals surface area contributed by atoms with E-state index in [1.54, 1.807) is 0 Å². The zero-order chi connectivity index (χ0) is 20.9. The molecule has 0 saturated carbocycles. The molecule has 0 saturated heterocycles. The third-order valence-corrected chi connectivity index (χ3v) is 4.69. The molecule has 3 aromatic rings. The predicted molar refractivity (Wildman–Crippen MR) is 85.1 cm³/mol. The highest BCUT2D eigenvalue weighted by molar-refractivity contribution is 7.85. The van der Waals surface area contributed by atoms with Gasteiger partial charge in [0.05, 0.1) is 28.7 Å². The second-order valence-corrected chi connectivity index (χ2v) is 7.13. The minimum atomic E-state index is -5.12. The van der Waals surface area contributed by atoms with Crippen LogP contribution in [0, 0.1) is 0 Å². The van der Waals surface area contributed by atoms with Crippen molar-refractivity contribution in [1.82, 2.24) is 9.55 Å². The first-order valence-electron chi connectivity index (χ1n) is 7.48. The van der Waals surface area contributed by atoms with Crippen LogP contribution in [0.2, 0.25) is 0 Å². The van der Waals surface area contributed by atoms with Gasteiger partial charge in [0.25, 0.3) is 5.16 Å². The molecule has 28 heavy (non-hydrogen) atoms. The molecule has 0 unspecified atom stereocenters. The number of hydrogen-bond acceptors (Lipinski definition) is 3. The minimum Gasteiger partial charge on any atom is -0.308 e. The topological polar surface area (TPSA) is 72.2 Å². The molecule has 3 rings (SSSR count). The molecule has 5 nitrogen and oxygen atoms in total. The van der Waals surface area contributed by atoms with E-state index in [9.17, 15) is 39.3 Å². The number of alkyl halides is 6. The number of aromatic nitrogens is 2. The lowest BCUT2D eigenvalue weighted by molar-refractivity contribution is -0.143. The van der Waals surface area contributed by atoms with Gasteiger partial charge in [0.15, 0.2) is 0 Å². The number of hydrogen-bond donors (Lipinski definition) is 1. The Labute approximate surface area is 154 Å². The number of imidazole rings is 1. The van der Waals surface area contributed by atoms with Crippen molar-refractivity contribution < 1.29 is 39.3 Å². The van der Waals surface area contributed by atoms with Crippen LogP contribution in [-0.4, -0.2) is 22.5 Å². The molecular weight excluding hydrogens is 414 g/mol. The summed E-state index contributed by atoms with van der Waals surface area (Å²) < 4.78 is 112. The Morgan fingerprint density at radius 1 is 0.964 bits per heavy atom. The Hall–Kier alpha value is -2.60. The summed E-state index contributed by atoms with van der Waals surface area (Å²) in [5, 5.41) is -0.915. The number of benzene rings is 2. The molecule has 1 N–H and O–H groups in total. The number of para-hydroxylation sites is 2. The lowest BCUT2D eigenvalue weighted by Crippen LogP contribution is -2.17. The van der Waals surface area contributed by atoms with Crippen LogP contribution in [-0.2, 0) is 29.0 Å². The Kier molecular flexibility index (Phi) is 4.66. The molecule has 0 fully saturated rings. The Bertz CT molecular complexity index is 1150. The molecule has 0 aliphatic carbocycles. The van der Waals surface area contributed by atoms with Crippen LogP contribution >= 0.6 is 0 Å². The molecule has 0 bridgehead atoms. The Morgan fingerprint density at radius 2 is 1.61 bits per heavy atom. The minimum absolute atomic E-state index is 0.0401. The first kappa shape index (κ1) is 20.1. The molecule has 0 aliphatic rings. The van der Waals surface area contributed by atoms with Gasteiger partial charge in [0.2, 0.25) is 0 Å². The maximum atomic E-state index is 13.3. The largest absolute Gasteiger partial charge is 0.416 e. The van der Waals surface area contributed by atoms with E-state index in [2.05, 4.69) is 4.98 Å². The average Bonchev–Trinajstić information content (AvgIpc) is 2.92. The van der Waals surface area contributed by atoms with Gasteiger partial charge in [0, 0.05) is 0 Å². The van der Waals surface area contributed by atoms with Crippen molar-refractivity contribution in [3.8, 4) is 0 Å². The quantitative estimate of drug-likeness (QED) is 0.501. The van der Waals surface area contributed by atoms with Gasteiger partial charge < -0.3 is 4.57 Å². The van der Waals surface area contributed by atoms with Crippen molar-refractivity contribution in [3.05, 3.63) is 59.2 Å². The highest BCUT2D eigenvalue weighted by atomic mass is 32.2. The van der Waals surface area contributed by atoms with Crippen molar-refractivity contribution in [2.75, 3.05) is 0 Å². The van der Waals surface area contributed by atoms with Gasteiger partial charge in [-0.1, -0.05) is 18.2 Å². The number of rotatable bonds is 3. The van der Waals surface area contributed by atoms with Gasteiger partial charge in [-0.15, -0.1) is 0 Å². The van der Waals surface area contributed by atoms with Gasteiger partial charge in [-0.2, -0.15) is 34.8 Å². The molecule has 0 aliphatic heterocycles. The van der Waals surface area contributed by atoms with Crippen LogP contribution < -0.4 is 0 Å². The number of halogens is 6. The van der Waals surface area contributed by atoms with Crippen LogP contribution in [0.1, 0.15) is 16.7 Å². The van der Waals surface area contributed by atoms with Gasteiger partial charge >= 0.3 is 22.5 Å². The van der Waals surface area contributed by atoms with E-state index >= 15 is 0 Å². The van der Waals surface area contributed by atoms with Gasteiger partial charge in [0.1, 0.15) is 0 Å². The van der Waals surface area contributed by atoms with Crippen LogP contribution in [0.3, 0.4) is 0 Å². The highest BCUT2D eigenvalue weighted by Gasteiger charge is 2.38. The lowest BCUT2D eigenvalue weighted by atomic mass is 10.0. The first-order valence-corrected chi connectivity index (χ1v) is 8.92. The maximum absolute atomic E-state index is 13.3. The summed E-state index contributed by atoms with van der Waals surface area (Å²) in [6.07, 6.45) is -10.1. The van der Waals surface area contributed by atoms with E-state index in [0.29, 0.717) is 12.1 Å². The summed E-state index contributed by atoms with van der Waals surface area (Å²) in [6, 6.07) is 6.73. The van der Waals surface area contributed by atoms with Crippen LogP contribution in [0.25, 0.3) is 11.0 Å². The number of nitrogens with zero attached hydrogens (tertiary/aromatic N) is 2. The molecule has 0 spiro atoms. The standard InChI is InChI=1S/C16H10F6N2O3S/c17-15(18,19)10-6-5-9(11(7-10)16(20,21)22)8-24-13-4-2-1-3-12(13)23-14(24)28(25,26)27/h1-7H,8H2,(H,25,26,27). The van der Waals surface area contributed by atoms with E-state index in [0.717, 1.165) is 4.57 Å². The van der Waals surface area contributed by atoms with Gasteiger partial charge in [-0.25, -0.2) is 4.98 Å². The molecule has 0 amide bonds. The summed E-state index contributed by atoms with van der Waals surface area (Å²) in [5.41, 5.74) is -3.51. The fourth-order valence-electron chi connectivity index (χ4n) is 2.73. The van der Waals surface area contributed by atoms with Crippen LogP contribution in [0.4, 0.5) is 26.3 Å². The van der Waals surface area contributed by atoms with Crippen molar-refractivity contribution in [3.63, 3.8) is 0 Å². The summed E-state index contributed by atoms with van der Waals surface area (Å²) in [4.78, 5) is 3.69. The summed E-state index contributed by atoms with van der Waals surface area (Å²) in [5.74, 6) is 0. The van der Waals surface area contributed by atoms with Crippen LogP contribution in [0.15, 0.2) is 47.6 Å². The molecule has 150 valence electrons. The second-order valence-electron chi connectivity index (χ2n) is 5.81. The molecule has 1 heterocycles. The summed E-state index contributed by atoms with van der Waals surface area (Å²) in [7, 11) is -4.90. The highest BCUT2D eigenvalue weighted by Crippen LogP contribution is 2.38. The molecular formula is C16H10F6N2O3S. The first-order chi connectivity index (χ1) is 12.8. The van der Waals surface area contributed by atoms with Crippen LogP contribution in [0.5, 0.6) is 0 Å². The molecule has 2 aromatic carbocycles. The van der Waals surface area contributed by atoms with Crippen molar-refractivity contribution in [1.29, 1.82) is 0 Å². The predicted octanol–water partition coefficient (Wildman–Crippen LogP) is 4.37. The Balaban J connectivity index is 2.22. The summed E-state index contributed by atoms with van der Waals surface area (Å²) >= 11 is 0. The van der Waals surface area contributed by atoms with Gasteiger partial charge in [-0.3, -0.25) is 4.55 Å². The average molecular weight is 424 g/mol. The molecule has 1 aromatic heterocycles. The monoisotopic (exact) mass is 424 g/mol.